The normalized spacial score (nSPS) is 26.4. The van der Waals surface area contributed by atoms with Crippen LogP contribution in [0.4, 0.5) is 5.82 Å². The fourth-order valence-corrected chi connectivity index (χ4v) is 2.72. The van der Waals surface area contributed by atoms with Crippen LogP contribution in [0.2, 0.25) is 5.28 Å². The molecule has 0 bridgehead atoms. The Morgan fingerprint density at radius 2 is 2.35 bits per heavy atom. The molecule has 0 spiro atoms. The summed E-state index contributed by atoms with van der Waals surface area (Å²) >= 11 is 5.83. The van der Waals surface area contributed by atoms with Crippen LogP contribution in [0.3, 0.4) is 0 Å². The van der Waals surface area contributed by atoms with Gasteiger partial charge in [0.2, 0.25) is 5.28 Å². The van der Waals surface area contributed by atoms with Crippen molar-refractivity contribution in [1.82, 2.24) is 19.5 Å². The van der Waals surface area contributed by atoms with Gasteiger partial charge >= 0.3 is 0 Å². The lowest BCUT2D eigenvalue weighted by Crippen LogP contribution is -2.20. The monoisotopic (exact) mass is 297 g/mol. The molecule has 7 nitrogen and oxygen atoms in total. The van der Waals surface area contributed by atoms with Crippen molar-refractivity contribution in [3.63, 3.8) is 0 Å². The molecule has 1 saturated heterocycles. The van der Waals surface area contributed by atoms with Gasteiger partial charge in [-0.05, 0) is 18.0 Å². The molecule has 2 aromatic heterocycles. The molecule has 3 N–H and O–H groups in total. The number of rotatable bonds is 3. The molecular formula is C12H16ClN5O2. The third-order valence-corrected chi connectivity index (χ3v) is 3.68. The van der Waals surface area contributed by atoms with Gasteiger partial charge in [0.1, 0.15) is 11.7 Å². The number of hydrogen-bond donors (Lipinski definition) is 2. The zero-order valence-corrected chi connectivity index (χ0v) is 11.8. The van der Waals surface area contributed by atoms with Crippen LogP contribution in [-0.4, -0.2) is 36.8 Å². The molecule has 0 aliphatic carbocycles. The highest BCUT2D eigenvalue weighted by molar-refractivity contribution is 6.28. The first-order valence-electron chi connectivity index (χ1n) is 6.59. The molecule has 3 rings (SSSR count). The summed E-state index contributed by atoms with van der Waals surface area (Å²) in [4.78, 5) is 12.2. The van der Waals surface area contributed by atoms with Crippen molar-refractivity contribution in [1.29, 1.82) is 0 Å². The van der Waals surface area contributed by atoms with Gasteiger partial charge in [0.05, 0.1) is 18.5 Å². The van der Waals surface area contributed by atoms with Gasteiger partial charge in [-0.1, -0.05) is 13.3 Å². The van der Waals surface area contributed by atoms with Crippen LogP contribution >= 0.6 is 11.6 Å². The highest BCUT2D eigenvalue weighted by atomic mass is 35.5. The summed E-state index contributed by atoms with van der Waals surface area (Å²) in [5, 5.41) is 10.1. The van der Waals surface area contributed by atoms with Gasteiger partial charge in [0, 0.05) is 6.42 Å². The van der Waals surface area contributed by atoms with E-state index in [2.05, 4.69) is 21.9 Å². The highest BCUT2D eigenvalue weighted by Crippen LogP contribution is 2.33. The molecule has 0 amide bonds. The van der Waals surface area contributed by atoms with E-state index in [1.54, 1.807) is 10.9 Å². The molecular weight excluding hydrogens is 282 g/mol. The van der Waals surface area contributed by atoms with Crippen molar-refractivity contribution >= 4 is 28.6 Å². The molecule has 0 aromatic carbocycles. The van der Waals surface area contributed by atoms with E-state index in [1.165, 1.54) is 0 Å². The smallest absolute Gasteiger partial charge is 0.226 e. The van der Waals surface area contributed by atoms with E-state index < -0.39 is 6.10 Å². The fourth-order valence-electron chi connectivity index (χ4n) is 2.55. The molecule has 1 aliphatic rings. The third kappa shape index (κ3) is 2.21. The van der Waals surface area contributed by atoms with Gasteiger partial charge in [-0.15, -0.1) is 0 Å². The lowest BCUT2D eigenvalue weighted by atomic mass is 10.1. The summed E-state index contributed by atoms with van der Waals surface area (Å²) in [6.07, 6.45) is 2.93. The number of fused-ring (bicyclic) bond motifs is 1. The van der Waals surface area contributed by atoms with E-state index in [-0.39, 0.29) is 23.4 Å². The largest absolute Gasteiger partial charge is 0.390 e. The van der Waals surface area contributed by atoms with Gasteiger partial charge in [-0.25, -0.2) is 4.98 Å². The van der Waals surface area contributed by atoms with Crippen LogP contribution in [0.25, 0.3) is 11.2 Å². The van der Waals surface area contributed by atoms with Crippen LogP contribution in [0.15, 0.2) is 6.33 Å². The number of ether oxygens (including phenoxy) is 1. The Balaban J connectivity index is 1.95. The first kappa shape index (κ1) is 13.5. The lowest BCUT2D eigenvalue weighted by Gasteiger charge is -2.14. The summed E-state index contributed by atoms with van der Waals surface area (Å²) in [5.41, 5.74) is 6.79. The second kappa shape index (κ2) is 5.16. The minimum atomic E-state index is -0.480. The van der Waals surface area contributed by atoms with Crippen molar-refractivity contribution in [2.45, 2.75) is 44.6 Å². The first-order valence-corrected chi connectivity index (χ1v) is 6.97. The molecule has 2 aromatic rings. The van der Waals surface area contributed by atoms with Gasteiger partial charge in [0.25, 0.3) is 0 Å². The summed E-state index contributed by atoms with van der Waals surface area (Å²) in [6, 6.07) is 0. The lowest BCUT2D eigenvalue weighted by molar-refractivity contribution is -0.0210. The molecule has 108 valence electrons. The fraction of sp³-hybridized carbons (Fsp3) is 0.583. The Labute approximate surface area is 120 Å². The van der Waals surface area contributed by atoms with Gasteiger partial charge in [-0.3, -0.25) is 4.57 Å². The maximum Gasteiger partial charge on any atom is 0.226 e. The zero-order valence-electron chi connectivity index (χ0n) is 11.0. The van der Waals surface area contributed by atoms with Crippen molar-refractivity contribution in [2.75, 3.05) is 5.73 Å². The summed E-state index contributed by atoms with van der Waals surface area (Å²) < 4.78 is 7.62. The molecule has 3 heterocycles. The van der Waals surface area contributed by atoms with E-state index in [0.29, 0.717) is 17.6 Å². The maximum atomic E-state index is 10.0. The number of nitrogen functional groups attached to an aromatic ring is 1. The number of hydrogen-bond acceptors (Lipinski definition) is 6. The predicted molar refractivity (Wildman–Crippen MR) is 74.2 cm³/mol. The number of nitrogens with two attached hydrogens (primary N) is 1. The van der Waals surface area contributed by atoms with E-state index in [1.807, 2.05) is 0 Å². The number of aliphatic hydroxyl groups excluding tert-OH is 1. The second-order valence-electron chi connectivity index (χ2n) is 4.92. The zero-order chi connectivity index (χ0) is 14.3. The van der Waals surface area contributed by atoms with Crippen molar-refractivity contribution in [3.8, 4) is 0 Å². The Bertz CT molecular complexity index is 632. The van der Waals surface area contributed by atoms with Crippen LogP contribution in [0.5, 0.6) is 0 Å². The Kier molecular flexibility index (Phi) is 3.49. The Morgan fingerprint density at radius 1 is 1.55 bits per heavy atom. The summed E-state index contributed by atoms with van der Waals surface area (Å²) in [5.74, 6) is 0.238. The van der Waals surface area contributed by atoms with E-state index >= 15 is 0 Å². The minimum absolute atomic E-state index is 0.0698. The summed E-state index contributed by atoms with van der Waals surface area (Å²) in [7, 11) is 0. The van der Waals surface area contributed by atoms with E-state index in [0.717, 1.165) is 12.8 Å². The number of halogens is 1. The van der Waals surface area contributed by atoms with Crippen LogP contribution in [-0.2, 0) is 4.74 Å². The van der Waals surface area contributed by atoms with Crippen LogP contribution in [0, 0.1) is 0 Å². The second-order valence-corrected chi connectivity index (χ2v) is 5.26. The van der Waals surface area contributed by atoms with Crippen LogP contribution < -0.4 is 5.73 Å². The number of aliphatic hydroxyl groups is 1. The first-order chi connectivity index (χ1) is 9.60. The molecule has 3 unspecified atom stereocenters. The molecule has 1 aliphatic heterocycles. The van der Waals surface area contributed by atoms with Gasteiger partial charge in [0.15, 0.2) is 11.5 Å². The molecule has 0 saturated carbocycles. The standard InChI is InChI=1S/C12H16ClN5O2/c1-2-3-7-6(19)4-8(20-7)18-5-15-9-10(14)16-12(13)17-11(9)18/h5-8,19H,2-4H2,1H3,(H2,14,16,17). The highest BCUT2D eigenvalue weighted by Gasteiger charge is 2.35. The summed E-state index contributed by atoms with van der Waals surface area (Å²) in [6.45, 7) is 2.06. The quantitative estimate of drug-likeness (QED) is 0.833. The molecule has 1 fully saturated rings. The Hall–Kier alpha value is -1.44. The van der Waals surface area contributed by atoms with Gasteiger partial charge in [-0.2, -0.15) is 9.97 Å². The average Bonchev–Trinajstić information content (AvgIpc) is 2.94. The number of aromatic nitrogens is 4. The van der Waals surface area contributed by atoms with Crippen molar-refractivity contribution < 1.29 is 9.84 Å². The molecule has 20 heavy (non-hydrogen) atoms. The van der Waals surface area contributed by atoms with Gasteiger partial charge < -0.3 is 15.6 Å². The van der Waals surface area contributed by atoms with Crippen LogP contribution in [0.1, 0.15) is 32.4 Å². The minimum Gasteiger partial charge on any atom is -0.390 e. The van der Waals surface area contributed by atoms with Crippen molar-refractivity contribution in [3.05, 3.63) is 11.6 Å². The number of imidazole rings is 1. The molecule has 3 atom stereocenters. The number of nitrogens with zero attached hydrogens (tertiary/aromatic N) is 4. The average molecular weight is 298 g/mol. The molecule has 8 heteroatoms. The maximum absolute atomic E-state index is 10.0. The predicted octanol–water partition coefficient (Wildman–Crippen LogP) is 1.51. The number of anilines is 1. The Morgan fingerprint density at radius 3 is 3.10 bits per heavy atom. The van der Waals surface area contributed by atoms with E-state index in [4.69, 9.17) is 22.1 Å². The SMILES string of the molecule is CCCC1OC(n2cnc3c(N)nc(Cl)nc32)CC1O. The van der Waals surface area contributed by atoms with Crippen molar-refractivity contribution in [2.24, 2.45) is 0 Å². The molecule has 0 radical (unpaired) electrons. The third-order valence-electron chi connectivity index (χ3n) is 3.51. The van der Waals surface area contributed by atoms with E-state index in [9.17, 15) is 5.11 Å². The topological polar surface area (TPSA) is 99.1 Å².